The van der Waals surface area contributed by atoms with Gasteiger partial charge in [-0.15, -0.1) is 0 Å². The molecule has 2 fully saturated rings. The molecule has 1 aliphatic carbocycles. The molecule has 0 aromatic heterocycles. The third-order valence-electron chi connectivity index (χ3n) is 4.70. The molecule has 1 aliphatic heterocycles. The van der Waals surface area contributed by atoms with Crippen LogP contribution in [0.3, 0.4) is 0 Å². The van der Waals surface area contributed by atoms with E-state index in [9.17, 15) is 0 Å². The summed E-state index contributed by atoms with van der Waals surface area (Å²) < 4.78 is 0. The Balaban J connectivity index is 1.91. The molecule has 0 amide bonds. The minimum absolute atomic E-state index is 0.564. The molecule has 104 valence electrons. The summed E-state index contributed by atoms with van der Waals surface area (Å²) in [6.07, 6.45) is 2.79. The molecule has 2 heteroatoms. The van der Waals surface area contributed by atoms with E-state index in [4.69, 9.17) is 0 Å². The molecule has 1 heterocycles. The predicted octanol–water partition coefficient (Wildman–Crippen LogP) is 3.39. The summed E-state index contributed by atoms with van der Waals surface area (Å²) in [5, 5.41) is 3.70. The van der Waals surface area contributed by atoms with Crippen molar-refractivity contribution in [2.45, 2.75) is 45.6 Å². The second kappa shape index (κ2) is 4.82. The number of rotatable bonds is 2. The number of hydrogen-bond acceptors (Lipinski definition) is 2. The van der Waals surface area contributed by atoms with Crippen molar-refractivity contribution >= 4 is 5.69 Å². The molecule has 1 unspecified atom stereocenters. The van der Waals surface area contributed by atoms with Gasteiger partial charge in [0, 0.05) is 36.8 Å². The normalized spacial score (nSPS) is 25.7. The van der Waals surface area contributed by atoms with Crippen molar-refractivity contribution in [3.05, 3.63) is 29.8 Å². The highest BCUT2D eigenvalue weighted by Gasteiger charge is 2.45. The Hall–Kier alpha value is -1.02. The van der Waals surface area contributed by atoms with Crippen molar-refractivity contribution in [2.24, 2.45) is 5.41 Å². The minimum atomic E-state index is 0.564. The smallest absolute Gasteiger partial charge is 0.0402 e. The lowest BCUT2D eigenvalue weighted by Crippen LogP contribution is -2.35. The average molecular weight is 258 g/mol. The summed E-state index contributed by atoms with van der Waals surface area (Å²) in [6.45, 7) is 10.5. The first-order valence-electron chi connectivity index (χ1n) is 7.67. The van der Waals surface area contributed by atoms with E-state index in [0.29, 0.717) is 17.4 Å². The SMILES string of the molecule is CC1CN(c2ccccc2C(C)C)CC2(CC2)CN1. The zero-order chi connectivity index (χ0) is 13.5. The quantitative estimate of drug-likeness (QED) is 0.875. The molecule has 1 spiro atoms. The molecule has 1 saturated heterocycles. The van der Waals surface area contributed by atoms with E-state index in [0.717, 1.165) is 6.54 Å². The number of para-hydroxylation sites is 1. The van der Waals surface area contributed by atoms with Crippen molar-refractivity contribution in [1.82, 2.24) is 5.32 Å². The van der Waals surface area contributed by atoms with Crippen molar-refractivity contribution < 1.29 is 0 Å². The van der Waals surface area contributed by atoms with Crippen LogP contribution < -0.4 is 10.2 Å². The van der Waals surface area contributed by atoms with Gasteiger partial charge in [0.25, 0.3) is 0 Å². The fraction of sp³-hybridized carbons (Fsp3) is 0.647. The van der Waals surface area contributed by atoms with Crippen LogP contribution in [0, 0.1) is 5.41 Å². The topological polar surface area (TPSA) is 15.3 Å². The Morgan fingerprint density at radius 3 is 2.68 bits per heavy atom. The van der Waals surface area contributed by atoms with Crippen molar-refractivity contribution in [2.75, 3.05) is 24.5 Å². The van der Waals surface area contributed by atoms with E-state index < -0.39 is 0 Å². The first-order valence-corrected chi connectivity index (χ1v) is 7.67. The van der Waals surface area contributed by atoms with E-state index in [1.807, 2.05) is 0 Å². The molecule has 1 N–H and O–H groups in total. The molecular weight excluding hydrogens is 232 g/mol. The first kappa shape index (κ1) is 13.0. The van der Waals surface area contributed by atoms with Crippen molar-refractivity contribution in [3.63, 3.8) is 0 Å². The maximum absolute atomic E-state index is 3.70. The van der Waals surface area contributed by atoms with Crippen LogP contribution in [0.15, 0.2) is 24.3 Å². The van der Waals surface area contributed by atoms with E-state index in [2.05, 4.69) is 55.3 Å². The number of nitrogens with zero attached hydrogens (tertiary/aromatic N) is 1. The zero-order valence-corrected chi connectivity index (χ0v) is 12.4. The Bertz CT molecular complexity index is 448. The van der Waals surface area contributed by atoms with Crippen LogP contribution >= 0.6 is 0 Å². The van der Waals surface area contributed by atoms with E-state index >= 15 is 0 Å². The van der Waals surface area contributed by atoms with Gasteiger partial charge in [-0.05, 0) is 37.3 Å². The van der Waals surface area contributed by atoms with Crippen LogP contribution in [0.25, 0.3) is 0 Å². The Labute approximate surface area is 117 Å². The molecule has 0 radical (unpaired) electrons. The highest BCUT2D eigenvalue weighted by Crippen LogP contribution is 2.47. The third-order valence-corrected chi connectivity index (χ3v) is 4.70. The predicted molar refractivity (Wildman–Crippen MR) is 81.9 cm³/mol. The monoisotopic (exact) mass is 258 g/mol. The van der Waals surface area contributed by atoms with Gasteiger partial charge in [-0.3, -0.25) is 0 Å². The number of hydrogen-bond donors (Lipinski definition) is 1. The van der Waals surface area contributed by atoms with Crippen LogP contribution in [0.5, 0.6) is 0 Å². The second-order valence-electron chi connectivity index (χ2n) is 6.88. The van der Waals surface area contributed by atoms with E-state index in [1.54, 1.807) is 0 Å². The lowest BCUT2D eigenvalue weighted by atomic mass is 9.99. The molecule has 1 aromatic rings. The zero-order valence-electron chi connectivity index (χ0n) is 12.4. The highest BCUT2D eigenvalue weighted by molar-refractivity contribution is 5.55. The molecule has 3 rings (SSSR count). The number of nitrogens with one attached hydrogen (secondary N) is 1. The van der Waals surface area contributed by atoms with Gasteiger partial charge in [-0.2, -0.15) is 0 Å². The summed E-state index contributed by atoms with van der Waals surface area (Å²) in [4.78, 5) is 2.63. The summed E-state index contributed by atoms with van der Waals surface area (Å²) in [5.41, 5.74) is 3.52. The molecule has 0 bridgehead atoms. The number of benzene rings is 1. The Kier molecular flexibility index (Phi) is 3.30. The minimum Gasteiger partial charge on any atom is -0.369 e. The van der Waals surface area contributed by atoms with Crippen LogP contribution in [0.4, 0.5) is 5.69 Å². The van der Waals surface area contributed by atoms with Crippen LogP contribution in [0.1, 0.15) is 45.1 Å². The van der Waals surface area contributed by atoms with Gasteiger partial charge in [0.05, 0.1) is 0 Å². The number of anilines is 1. The lowest BCUT2D eigenvalue weighted by molar-refractivity contribution is 0.479. The van der Waals surface area contributed by atoms with Gasteiger partial charge in [0.2, 0.25) is 0 Å². The van der Waals surface area contributed by atoms with Crippen molar-refractivity contribution in [1.29, 1.82) is 0 Å². The second-order valence-corrected chi connectivity index (χ2v) is 6.88. The maximum Gasteiger partial charge on any atom is 0.0402 e. The summed E-state index contributed by atoms with van der Waals surface area (Å²) in [5.74, 6) is 0.595. The van der Waals surface area contributed by atoms with Gasteiger partial charge in [-0.25, -0.2) is 0 Å². The average Bonchev–Trinajstić information content (AvgIpc) is 3.18. The van der Waals surface area contributed by atoms with E-state index in [-0.39, 0.29) is 0 Å². The van der Waals surface area contributed by atoms with Gasteiger partial charge in [0.1, 0.15) is 0 Å². The van der Waals surface area contributed by atoms with Gasteiger partial charge in [-0.1, -0.05) is 32.0 Å². The largest absolute Gasteiger partial charge is 0.369 e. The summed E-state index contributed by atoms with van der Waals surface area (Å²) in [7, 11) is 0. The fourth-order valence-electron chi connectivity index (χ4n) is 3.27. The van der Waals surface area contributed by atoms with Gasteiger partial charge in [0.15, 0.2) is 0 Å². The third kappa shape index (κ3) is 2.64. The van der Waals surface area contributed by atoms with Crippen LogP contribution in [0.2, 0.25) is 0 Å². The molecule has 1 saturated carbocycles. The Morgan fingerprint density at radius 2 is 2.00 bits per heavy atom. The van der Waals surface area contributed by atoms with Crippen LogP contribution in [-0.2, 0) is 0 Å². The lowest BCUT2D eigenvalue weighted by Gasteiger charge is -2.30. The Morgan fingerprint density at radius 1 is 1.26 bits per heavy atom. The molecule has 2 aliphatic rings. The van der Waals surface area contributed by atoms with Gasteiger partial charge < -0.3 is 10.2 Å². The van der Waals surface area contributed by atoms with E-state index in [1.165, 1.54) is 37.2 Å². The van der Waals surface area contributed by atoms with Gasteiger partial charge >= 0.3 is 0 Å². The molecule has 19 heavy (non-hydrogen) atoms. The first-order chi connectivity index (χ1) is 9.10. The van der Waals surface area contributed by atoms with Crippen LogP contribution in [-0.4, -0.2) is 25.7 Å². The summed E-state index contributed by atoms with van der Waals surface area (Å²) >= 11 is 0. The standard InChI is InChI=1S/C17H26N2/c1-13(2)15-6-4-5-7-16(15)19-10-14(3)18-11-17(12-19)8-9-17/h4-7,13-14,18H,8-12H2,1-3H3. The molecule has 2 nitrogen and oxygen atoms in total. The maximum atomic E-state index is 3.70. The molecular formula is C17H26N2. The fourth-order valence-corrected chi connectivity index (χ4v) is 3.27. The highest BCUT2D eigenvalue weighted by atomic mass is 15.2. The summed E-state index contributed by atoms with van der Waals surface area (Å²) in [6, 6.07) is 9.54. The van der Waals surface area contributed by atoms with Crippen molar-refractivity contribution in [3.8, 4) is 0 Å². The molecule has 1 aromatic carbocycles. The molecule has 1 atom stereocenters.